The molecular formula is C24H26N2O3S. The van der Waals surface area contributed by atoms with Crippen molar-refractivity contribution in [2.75, 3.05) is 17.4 Å². The standard InChI is InChI=1S/C24H26N2O3S/c1-3-26(22-14-8-5-9-15-22)30(28,29)23-16-10-13-21(17-23)24(27)25-18-19(2)20-11-6-4-7-12-20/h4-17,19H,3,18H2,1-2H3,(H,25,27)/t19-/m0/s1. The molecule has 0 fully saturated rings. The molecule has 1 amide bonds. The zero-order chi connectivity index (χ0) is 21.6. The van der Waals surface area contributed by atoms with Crippen molar-refractivity contribution in [1.82, 2.24) is 5.32 Å². The van der Waals surface area contributed by atoms with Crippen LogP contribution in [0.5, 0.6) is 0 Å². The van der Waals surface area contributed by atoms with Gasteiger partial charge in [-0.1, -0.05) is 61.5 Å². The molecule has 30 heavy (non-hydrogen) atoms. The van der Waals surface area contributed by atoms with Gasteiger partial charge in [0.15, 0.2) is 0 Å². The Morgan fingerprint density at radius 3 is 2.20 bits per heavy atom. The van der Waals surface area contributed by atoms with E-state index in [2.05, 4.69) is 5.32 Å². The summed E-state index contributed by atoms with van der Waals surface area (Å²) in [5.74, 6) is -0.145. The molecule has 0 saturated carbocycles. The molecule has 0 bridgehead atoms. The van der Waals surface area contributed by atoms with Crippen LogP contribution >= 0.6 is 0 Å². The summed E-state index contributed by atoms with van der Waals surface area (Å²) in [6, 6.07) is 25.0. The fraction of sp³-hybridized carbons (Fsp3) is 0.208. The zero-order valence-electron chi connectivity index (χ0n) is 17.2. The average molecular weight is 423 g/mol. The minimum absolute atomic E-state index is 0.0944. The number of para-hydroxylation sites is 1. The van der Waals surface area contributed by atoms with E-state index in [-0.39, 0.29) is 23.3 Å². The highest BCUT2D eigenvalue weighted by Gasteiger charge is 2.24. The predicted octanol–water partition coefficient (Wildman–Crippen LogP) is 4.44. The third-order valence-electron chi connectivity index (χ3n) is 4.95. The highest BCUT2D eigenvalue weighted by Crippen LogP contribution is 2.24. The first-order chi connectivity index (χ1) is 14.4. The Labute approximate surface area is 178 Å². The molecule has 0 heterocycles. The topological polar surface area (TPSA) is 66.5 Å². The van der Waals surface area contributed by atoms with Gasteiger partial charge in [0, 0.05) is 18.7 Å². The van der Waals surface area contributed by atoms with Crippen LogP contribution in [0.4, 0.5) is 5.69 Å². The summed E-state index contributed by atoms with van der Waals surface area (Å²) in [6.07, 6.45) is 0. The van der Waals surface area contributed by atoms with Gasteiger partial charge in [-0.05, 0) is 48.7 Å². The van der Waals surface area contributed by atoms with Crippen molar-refractivity contribution in [2.24, 2.45) is 0 Å². The first-order valence-electron chi connectivity index (χ1n) is 9.94. The number of sulfonamides is 1. The van der Waals surface area contributed by atoms with Gasteiger partial charge in [0.2, 0.25) is 0 Å². The molecule has 0 radical (unpaired) electrons. The highest BCUT2D eigenvalue weighted by molar-refractivity contribution is 7.92. The molecule has 3 aromatic carbocycles. The van der Waals surface area contributed by atoms with E-state index in [9.17, 15) is 13.2 Å². The second kappa shape index (κ2) is 9.59. The first-order valence-corrected chi connectivity index (χ1v) is 11.4. The van der Waals surface area contributed by atoms with Crippen molar-refractivity contribution in [3.8, 4) is 0 Å². The summed E-state index contributed by atoms with van der Waals surface area (Å²) in [5, 5.41) is 2.90. The monoisotopic (exact) mass is 422 g/mol. The van der Waals surface area contributed by atoms with E-state index in [0.29, 0.717) is 17.8 Å². The second-order valence-corrected chi connectivity index (χ2v) is 8.92. The van der Waals surface area contributed by atoms with Crippen LogP contribution in [0.15, 0.2) is 89.8 Å². The van der Waals surface area contributed by atoms with Gasteiger partial charge in [-0.25, -0.2) is 8.42 Å². The van der Waals surface area contributed by atoms with Crippen LogP contribution in [0.3, 0.4) is 0 Å². The number of benzene rings is 3. The van der Waals surface area contributed by atoms with E-state index >= 15 is 0 Å². The zero-order valence-corrected chi connectivity index (χ0v) is 18.0. The van der Waals surface area contributed by atoms with E-state index < -0.39 is 10.0 Å². The Kier molecular flexibility index (Phi) is 6.90. The summed E-state index contributed by atoms with van der Waals surface area (Å²) in [6.45, 7) is 4.57. The van der Waals surface area contributed by atoms with Gasteiger partial charge in [0.25, 0.3) is 15.9 Å². The van der Waals surface area contributed by atoms with Crippen LogP contribution in [-0.4, -0.2) is 27.4 Å². The minimum Gasteiger partial charge on any atom is -0.351 e. The summed E-state index contributed by atoms with van der Waals surface area (Å²) >= 11 is 0. The molecule has 0 aliphatic carbocycles. The Balaban J connectivity index is 1.77. The van der Waals surface area contributed by atoms with E-state index in [4.69, 9.17) is 0 Å². The Morgan fingerprint density at radius 2 is 1.57 bits per heavy atom. The van der Waals surface area contributed by atoms with Gasteiger partial charge in [-0.15, -0.1) is 0 Å². The van der Waals surface area contributed by atoms with Crippen molar-refractivity contribution in [1.29, 1.82) is 0 Å². The van der Waals surface area contributed by atoms with Crippen LogP contribution in [0.1, 0.15) is 35.7 Å². The molecule has 3 rings (SSSR count). The van der Waals surface area contributed by atoms with Gasteiger partial charge in [-0.3, -0.25) is 9.10 Å². The number of amides is 1. The lowest BCUT2D eigenvalue weighted by molar-refractivity contribution is 0.0951. The minimum atomic E-state index is -3.78. The second-order valence-electron chi connectivity index (χ2n) is 7.05. The van der Waals surface area contributed by atoms with Crippen LogP contribution in [0.25, 0.3) is 0 Å². The fourth-order valence-corrected chi connectivity index (χ4v) is 4.78. The van der Waals surface area contributed by atoms with E-state index in [1.54, 1.807) is 43.3 Å². The molecule has 3 aromatic rings. The van der Waals surface area contributed by atoms with E-state index in [0.717, 1.165) is 5.56 Å². The molecule has 0 aromatic heterocycles. The number of nitrogens with zero attached hydrogens (tertiary/aromatic N) is 1. The lowest BCUT2D eigenvalue weighted by Crippen LogP contribution is -2.31. The summed E-state index contributed by atoms with van der Waals surface area (Å²) in [5.41, 5.74) is 2.04. The molecule has 0 aliphatic heterocycles. The van der Waals surface area contributed by atoms with Gasteiger partial charge >= 0.3 is 0 Å². The molecule has 0 spiro atoms. The molecule has 5 nitrogen and oxygen atoms in total. The smallest absolute Gasteiger partial charge is 0.264 e. The molecular weight excluding hydrogens is 396 g/mol. The molecule has 6 heteroatoms. The average Bonchev–Trinajstić information content (AvgIpc) is 2.79. The predicted molar refractivity (Wildman–Crippen MR) is 120 cm³/mol. The van der Waals surface area contributed by atoms with Gasteiger partial charge in [0.05, 0.1) is 10.6 Å². The molecule has 1 N–H and O–H groups in total. The maximum atomic E-state index is 13.2. The summed E-state index contributed by atoms with van der Waals surface area (Å²) in [7, 11) is -3.78. The summed E-state index contributed by atoms with van der Waals surface area (Å²) < 4.78 is 27.7. The highest BCUT2D eigenvalue weighted by atomic mass is 32.2. The normalized spacial score (nSPS) is 12.2. The van der Waals surface area contributed by atoms with Crippen molar-refractivity contribution in [2.45, 2.75) is 24.7 Å². The maximum Gasteiger partial charge on any atom is 0.264 e. The van der Waals surface area contributed by atoms with E-state index in [1.807, 2.05) is 43.3 Å². The van der Waals surface area contributed by atoms with Crippen molar-refractivity contribution in [3.05, 3.63) is 96.1 Å². The maximum absolute atomic E-state index is 13.2. The first kappa shape index (κ1) is 21.6. The van der Waals surface area contributed by atoms with Crippen LogP contribution in [0.2, 0.25) is 0 Å². The van der Waals surface area contributed by atoms with Gasteiger partial charge < -0.3 is 5.32 Å². The number of carbonyl (C=O) groups excluding carboxylic acids is 1. The number of rotatable bonds is 8. The van der Waals surface area contributed by atoms with Gasteiger partial charge in [0.1, 0.15) is 0 Å². The summed E-state index contributed by atoms with van der Waals surface area (Å²) in [4.78, 5) is 12.7. The lowest BCUT2D eigenvalue weighted by atomic mass is 10.0. The molecule has 0 aliphatic rings. The largest absolute Gasteiger partial charge is 0.351 e. The Hall–Kier alpha value is -3.12. The molecule has 1 atom stereocenters. The molecule has 0 unspecified atom stereocenters. The van der Waals surface area contributed by atoms with Crippen molar-refractivity contribution < 1.29 is 13.2 Å². The Bertz CT molecular complexity index is 1080. The molecule has 156 valence electrons. The van der Waals surface area contributed by atoms with Crippen LogP contribution in [0, 0.1) is 0 Å². The Morgan fingerprint density at radius 1 is 0.933 bits per heavy atom. The number of nitrogens with one attached hydrogen (secondary N) is 1. The molecule has 0 saturated heterocycles. The quantitative estimate of drug-likeness (QED) is 0.584. The van der Waals surface area contributed by atoms with E-state index in [1.165, 1.54) is 16.4 Å². The number of hydrogen-bond donors (Lipinski definition) is 1. The number of carbonyl (C=O) groups is 1. The van der Waals surface area contributed by atoms with Gasteiger partial charge in [-0.2, -0.15) is 0 Å². The van der Waals surface area contributed by atoms with Crippen molar-refractivity contribution in [3.63, 3.8) is 0 Å². The third-order valence-corrected chi connectivity index (χ3v) is 6.85. The third kappa shape index (κ3) is 4.89. The van der Waals surface area contributed by atoms with Crippen LogP contribution in [-0.2, 0) is 10.0 Å². The fourth-order valence-electron chi connectivity index (χ4n) is 3.26. The van der Waals surface area contributed by atoms with Crippen LogP contribution < -0.4 is 9.62 Å². The van der Waals surface area contributed by atoms with Crippen molar-refractivity contribution >= 4 is 21.6 Å². The SMILES string of the molecule is CCN(c1ccccc1)S(=O)(=O)c1cccc(C(=O)NC[C@H](C)c2ccccc2)c1. The number of anilines is 1. The number of hydrogen-bond acceptors (Lipinski definition) is 3. The lowest BCUT2D eigenvalue weighted by Gasteiger charge is -2.23.